The van der Waals surface area contributed by atoms with E-state index in [9.17, 15) is 0 Å². The van der Waals surface area contributed by atoms with E-state index in [2.05, 4.69) is 37.1 Å². The van der Waals surface area contributed by atoms with Crippen molar-refractivity contribution in [3.05, 3.63) is 24.0 Å². The first-order chi connectivity index (χ1) is 8.74. The molecule has 3 heteroatoms. The van der Waals surface area contributed by atoms with Crippen molar-refractivity contribution in [1.29, 1.82) is 0 Å². The lowest BCUT2D eigenvalue weighted by atomic mass is 9.91. The molecule has 2 atom stereocenters. The minimum atomic E-state index is 0.350. The van der Waals surface area contributed by atoms with Crippen molar-refractivity contribution in [1.82, 2.24) is 10.3 Å². The monoisotopic (exact) mass is 250 g/mol. The van der Waals surface area contributed by atoms with Crippen LogP contribution in [0.4, 0.5) is 0 Å². The Hall–Kier alpha value is -1.09. The van der Waals surface area contributed by atoms with Gasteiger partial charge in [-0.25, -0.2) is 0 Å². The summed E-state index contributed by atoms with van der Waals surface area (Å²) in [5.74, 6) is 1.48. The van der Waals surface area contributed by atoms with Crippen molar-refractivity contribution in [2.24, 2.45) is 5.92 Å². The summed E-state index contributed by atoms with van der Waals surface area (Å²) in [4.78, 5) is 4.13. The number of ether oxygens (including phenoxy) is 1. The number of hydrogen-bond acceptors (Lipinski definition) is 3. The van der Waals surface area contributed by atoms with Gasteiger partial charge in [-0.2, -0.15) is 0 Å². The molecule has 0 aliphatic carbocycles. The van der Waals surface area contributed by atoms with Crippen LogP contribution in [0.5, 0.6) is 5.75 Å². The van der Waals surface area contributed by atoms with E-state index in [-0.39, 0.29) is 0 Å². The zero-order valence-electron chi connectivity index (χ0n) is 12.1. The average molecular weight is 250 g/mol. The molecule has 0 spiro atoms. The van der Waals surface area contributed by atoms with Gasteiger partial charge in [-0.3, -0.25) is 4.98 Å². The number of methoxy groups -OCH3 is 1. The second kappa shape index (κ2) is 8.09. The molecule has 3 nitrogen and oxygen atoms in total. The summed E-state index contributed by atoms with van der Waals surface area (Å²) in [5.41, 5.74) is 1.22. The predicted octanol–water partition coefficient (Wildman–Crippen LogP) is 3.57. The minimum Gasteiger partial charge on any atom is -0.495 e. The van der Waals surface area contributed by atoms with Crippen molar-refractivity contribution < 1.29 is 4.74 Å². The molecule has 0 bridgehead atoms. The van der Waals surface area contributed by atoms with Crippen LogP contribution in [0.2, 0.25) is 0 Å². The molecule has 0 aromatic carbocycles. The van der Waals surface area contributed by atoms with Gasteiger partial charge < -0.3 is 10.1 Å². The zero-order chi connectivity index (χ0) is 13.4. The summed E-state index contributed by atoms with van der Waals surface area (Å²) in [6.45, 7) is 7.76. The van der Waals surface area contributed by atoms with Crippen molar-refractivity contribution in [2.75, 3.05) is 13.7 Å². The van der Waals surface area contributed by atoms with Gasteiger partial charge in [0.25, 0.3) is 0 Å². The van der Waals surface area contributed by atoms with E-state index in [0.29, 0.717) is 12.0 Å². The average Bonchev–Trinajstić information content (AvgIpc) is 2.40. The topological polar surface area (TPSA) is 34.2 Å². The van der Waals surface area contributed by atoms with Crippen LogP contribution in [-0.4, -0.2) is 18.6 Å². The molecule has 18 heavy (non-hydrogen) atoms. The SMILES string of the molecule is CCCNC(c1ccncc1OC)C(C)CCC. The first kappa shape index (κ1) is 15.0. The fourth-order valence-corrected chi connectivity index (χ4v) is 2.36. The number of aromatic nitrogens is 1. The molecule has 1 aromatic heterocycles. The lowest BCUT2D eigenvalue weighted by Gasteiger charge is -2.26. The lowest BCUT2D eigenvalue weighted by Crippen LogP contribution is -2.28. The van der Waals surface area contributed by atoms with Gasteiger partial charge in [0.15, 0.2) is 0 Å². The highest BCUT2D eigenvalue weighted by Crippen LogP contribution is 2.31. The molecule has 0 saturated heterocycles. The molecule has 2 unspecified atom stereocenters. The lowest BCUT2D eigenvalue weighted by molar-refractivity contribution is 0.341. The summed E-state index contributed by atoms with van der Waals surface area (Å²) in [6.07, 6.45) is 7.21. The first-order valence-corrected chi connectivity index (χ1v) is 6.95. The summed E-state index contributed by atoms with van der Waals surface area (Å²) >= 11 is 0. The van der Waals surface area contributed by atoms with Crippen LogP contribution >= 0.6 is 0 Å². The highest BCUT2D eigenvalue weighted by molar-refractivity contribution is 5.33. The van der Waals surface area contributed by atoms with Crippen LogP contribution < -0.4 is 10.1 Å². The third-order valence-electron chi connectivity index (χ3n) is 3.30. The van der Waals surface area contributed by atoms with Crippen LogP contribution in [0.3, 0.4) is 0 Å². The molecule has 0 radical (unpaired) electrons. The number of nitrogens with zero attached hydrogens (tertiary/aromatic N) is 1. The van der Waals surface area contributed by atoms with Crippen molar-refractivity contribution in [3.8, 4) is 5.75 Å². The highest BCUT2D eigenvalue weighted by atomic mass is 16.5. The molecule has 0 aliphatic heterocycles. The Balaban J connectivity index is 2.92. The molecule has 102 valence electrons. The Morgan fingerprint density at radius 1 is 1.33 bits per heavy atom. The van der Waals surface area contributed by atoms with E-state index in [0.717, 1.165) is 18.7 Å². The molecule has 0 fully saturated rings. The quantitative estimate of drug-likeness (QED) is 0.766. The predicted molar refractivity (Wildman–Crippen MR) is 75.9 cm³/mol. The fraction of sp³-hybridized carbons (Fsp3) is 0.667. The summed E-state index contributed by atoms with van der Waals surface area (Å²) < 4.78 is 5.43. The van der Waals surface area contributed by atoms with Crippen LogP contribution in [-0.2, 0) is 0 Å². The minimum absolute atomic E-state index is 0.350. The number of hydrogen-bond donors (Lipinski definition) is 1. The van der Waals surface area contributed by atoms with Gasteiger partial charge in [-0.1, -0.05) is 27.2 Å². The van der Waals surface area contributed by atoms with Crippen LogP contribution in [0.25, 0.3) is 0 Å². The standard InChI is InChI=1S/C15H26N2O/c1-5-7-12(3)15(17-9-6-2)13-8-10-16-11-14(13)18-4/h8,10-12,15,17H,5-7,9H2,1-4H3. The smallest absolute Gasteiger partial charge is 0.141 e. The molecule has 1 heterocycles. The van der Waals surface area contributed by atoms with Gasteiger partial charge in [0.1, 0.15) is 5.75 Å². The van der Waals surface area contributed by atoms with Crippen LogP contribution in [0, 0.1) is 5.92 Å². The van der Waals surface area contributed by atoms with Gasteiger partial charge in [0.05, 0.1) is 13.3 Å². The van der Waals surface area contributed by atoms with Crippen LogP contribution in [0.15, 0.2) is 18.5 Å². The molecule has 0 aliphatic rings. The Kier molecular flexibility index (Phi) is 6.73. The maximum absolute atomic E-state index is 5.43. The van der Waals surface area contributed by atoms with Gasteiger partial charge in [-0.05, 0) is 31.4 Å². The summed E-state index contributed by atoms with van der Waals surface area (Å²) in [5, 5.41) is 3.64. The van der Waals surface area contributed by atoms with Crippen molar-refractivity contribution >= 4 is 0 Å². The largest absolute Gasteiger partial charge is 0.495 e. The van der Waals surface area contributed by atoms with E-state index in [1.54, 1.807) is 13.3 Å². The molecular formula is C15H26N2O. The molecule has 1 rings (SSSR count). The van der Waals surface area contributed by atoms with Gasteiger partial charge in [0, 0.05) is 17.8 Å². The van der Waals surface area contributed by atoms with E-state index >= 15 is 0 Å². The Bertz CT molecular complexity index is 341. The molecular weight excluding hydrogens is 224 g/mol. The van der Waals surface area contributed by atoms with E-state index in [4.69, 9.17) is 4.74 Å². The van der Waals surface area contributed by atoms with E-state index < -0.39 is 0 Å². The third-order valence-corrected chi connectivity index (χ3v) is 3.30. The summed E-state index contributed by atoms with van der Waals surface area (Å²) in [6, 6.07) is 2.42. The Morgan fingerprint density at radius 2 is 2.11 bits per heavy atom. The second-order valence-corrected chi connectivity index (χ2v) is 4.82. The molecule has 0 amide bonds. The number of nitrogens with one attached hydrogen (secondary N) is 1. The maximum atomic E-state index is 5.43. The van der Waals surface area contributed by atoms with Crippen LogP contribution in [0.1, 0.15) is 51.6 Å². The normalized spacial score (nSPS) is 14.2. The van der Waals surface area contributed by atoms with Gasteiger partial charge in [-0.15, -0.1) is 0 Å². The summed E-state index contributed by atoms with van der Waals surface area (Å²) in [7, 11) is 1.71. The molecule has 1 aromatic rings. The first-order valence-electron chi connectivity index (χ1n) is 6.95. The van der Waals surface area contributed by atoms with Crippen molar-refractivity contribution in [3.63, 3.8) is 0 Å². The molecule has 1 N–H and O–H groups in total. The Labute approximate surface area is 111 Å². The zero-order valence-corrected chi connectivity index (χ0v) is 12.1. The maximum Gasteiger partial charge on any atom is 0.141 e. The second-order valence-electron chi connectivity index (χ2n) is 4.82. The molecule has 0 saturated carbocycles. The van der Waals surface area contributed by atoms with Crippen molar-refractivity contribution in [2.45, 2.75) is 46.1 Å². The number of rotatable bonds is 8. The fourth-order valence-electron chi connectivity index (χ4n) is 2.36. The highest BCUT2D eigenvalue weighted by Gasteiger charge is 2.21. The Morgan fingerprint density at radius 3 is 2.72 bits per heavy atom. The van der Waals surface area contributed by atoms with Gasteiger partial charge in [0.2, 0.25) is 0 Å². The third kappa shape index (κ3) is 3.98. The van der Waals surface area contributed by atoms with E-state index in [1.807, 2.05) is 6.20 Å². The van der Waals surface area contributed by atoms with E-state index in [1.165, 1.54) is 18.4 Å². The number of pyridine rings is 1. The van der Waals surface area contributed by atoms with Gasteiger partial charge >= 0.3 is 0 Å².